The monoisotopic (exact) mass is 320 g/mol. The number of hydrogen-bond acceptors (Lipinski definition) is 5. The number of anilines is 2. The van der Waals surface area contributed by atoms with Crippen molar-refractivity contribution in [3.8, 4) is 0 Å². The Morgan fingerprint density at radius 3 is 2.75 bits per heavy atom. The highest BCUT2D eigenvalue weighted by molar-refractivity contribution is 5.85. The van der Waals surface area contributed by atoms with Crippen LogP contribution in [0.5, 0.6) is 0 Å². The zero-order chi connectivity index (χ0) is 16.2. The fourth-order valence-corrected chi connectivity index (χ4v) is 3.04. The van der Waals surface area contributed by atoms with E-state index in [0.717, 1.165) is 44.5 Å². The van der Waals surface area contributed by atoms with Gasteiger partial charge in [0.25, 0.3) is 0 Å². The van der Waals surface area contributed by atoms with Crippen molar-refractivity contribution >= 4 is 22.4 Å². The number of morpholine rings is 1. The number of ether oxygens (including phenoxy) is 1. The Bertz CT molecular complexity index is 825. The SMILES string of the molecule is c1ccc2c(CNc3cc(N4CCOCC4)ncn3)cccc2c1. The first-order valence-corrected chi connectivity index (χ1v) is 8.25. The Morgan fingerprint density at radius 2 is 1.83 bits per heavy atom. The summed E-state index contributed by atoms with van der Waals surface area (Å²) in [5.41, 5.74) is 1.26. The third-order valence-corrected chi connectivity index (χ3v) is 4.33. The van der Waals surface area contributed by atoms with Crippen LogP contribution < -0.4 is 10.2 Å². The quantitative estimate of drug-likeness (QED) is 0.800. The van der Waals surface area contributed by atoms with E-state index in [1.54, 1.807) is 6.33 Å². The molecule has 0 atom stereocenters. The van der Waals surface area contributed by atoms with Gasteiger partial charge in [0.1, 0.15) is 18.0 Å². The van der Waals surface area contributed by atoms with Crippen LogP contribution in [0.1, 0.15) is 5.56 Å². The first kappa shape index (κ1) is 14.9. The molecule has 0 radical (unpaired) electrons. The van der Waals surface area contributed by atoms with E-state index in [4.69, 9.17) is 4.74 Å². The average molecular weight is 320 g/mol. The topological polar surface area (TPSA) is 50.3 Å². The molecule has 1 aliphatic heterocycles. The van der Waals surface area contributed by atoms with Gasteiger partial charge in [-0.2, -0.15) is 0 Å². The lowest BCUT2D eigenvalue weighted by molar-refractivity contribution is 0.122. The van der Waals surface area contributed by atoms with Crippen molar-refractivity contribution in [2.45, 2.75) is 6.54 Å². The van der Waals surface area contributed by atoms with Gasteiger partial charge < -0.3 is 15.0 Å². The smallest absolute Gasteiger partial charge is 0.134 e. The molecule has 0 bridgehead atoms. The predicted octanol–water partition coefficient (Wildman–Crippen LogP) is 3.08. The average Bonchev–Trinajstić information content (AvgIpc) is 2.67. The second kappa shape index (κ2) is 6.84. The summed E-state index contributed by atoms with van der Waals surface area (Å²) in [7, 11) is 0. The first-order valence-electron chi connectivity index (χ1n) is 8.25. The summed E-state index contributed by atoms with van der Waals surface area (Å²) in [5.74, 6) is 1.80. The van der Waals surface area contributed by atoms with E-state index >= 15 is 0 Å². The van der Waals surface area contributed by atoms with Crippen LogP contribution in [0.3, 0.4) is 0 Å². The number of nitrogens with one attached hydrogen (secondary N) is 1. The van der Waals surface area contributed by atoms with E-state index in [1.165, 1.54) is 16.3 Å². The molecule has 0 saturated carbocycles. The summed E-state index contributed by atoms with van der Waals surface area (Å²) in [4.78, 5) is 11.0. The van der Waals surface area contributed by atoms with Gasteiger partial charge in [0.15, 0.2) is 0 Å². The molecular formula is C19H20N4O. The Kier molecular flexibility index (Phi) is 4.25. The van der Waals surface area contributed by atoms with Gasteiger partial charge in [-0.05, 0) is 16.3 Å². The standard InChI is InChI=1S/C19H20N4O/c1-2-7-17-15(4-1)5-3-6-16(17)13-20-18-12-19(22-14-21-18)23-8-10-24-11-9-23/h1-7,12,14H,8-11,13H2,(H,20,21,22). The van der Waals surface area contributed by atoms with Crippen molar-refractivity contribution in [3.63, 3.8) is 0 Å². The summed E-state index contributed by atoms with van der Waals surface area (Å²) in [6.07, 6.45) is 1.62. The lowest BCUT2D eigenvalue weighted by Gasteiger charge is -2.27. The van der Waals surface area contributed by atoms with Gasteiger partial charge in [0, 0.05) is 25.7 Å². The highest BCUT2D eigenvalue weighted by atomic mass is 16.5. The molecular weight excluding hydrogens is 300 g/mol. The van der Waals surface area contributed by atoms with E-state index in [1.807, 2.05) is 6.07 Å². The summed E-state index contributed by atoms with van der Waals surface area (Å²) < 4.78 is 5.40. The molecule has 2 aromatic carbocycles. The summed E-state index contributed by atoms with van der Waals surface area (Å²) >= 11 is 0. The molecule has 0 unspecified atom stereocenters. The van der Waals surface area contributed by atoms with Gasteiger partial charge in [0.2, 0.25) is 0 Å². The number of benzene rings is 2. The number of aromatic nitrogens is 2. The molecule has 1 N–H and O–H groups in total. The summed E-state index contributed by atoms with van der Waals surface area (Å²) in [6, 6.07) is 16.8. The number of nitrogens with zero attached hydrogens (tertiary/aromatic N) is 3. The van der Waals surface area contributed by atoms with Gasteiger partial charge in [-0.25, -0.2) is 9.97 Å². The summed E-state index contributed by atoms with van der Waals surface area (Å²) in [6.45, 7) is 3.99. The highest BCUT2D eigenvalue weighted by Gasteiger charge is 2.13. The second-order valence-corrected chi connectivity index (χ2v) is 5.85. The molecule has 1 aliphatic rings. The minimum atomic E-state index is 0.737. The van der Waals surface area contributed by atoms with E-state index in [0.29, 0.717) is 0 Å². The molecule has 0 spiro atoms. The fraction of sp³-hybridized carbons (Fsp3) is 0.263. The van der Waals surface area contributed by atoms with Crippen LogP contribution in [-0.2, 0) is 11.3 Å². The lowest BCUT2D eigenvalue weighted by Crippen LogP contribution is -2.36. The highest BCUT2D eigenvalue weighted by Crippen LogP contribution is 2.20. The van der Waals surface area contributed by atoms with Gasteiger partial charge in [-0.3, -0.25) is 0 Å². The van der Waals surface area contributed by atoms with Crippen LogP contribution in [0.2, 0.25) is 0 Å². The third kappa shape index (κ3) is 3.16. The molecule has 0 aliphatic carbocycles. The first-order chi connectivity index (χ1) is 11.9. The predicted molar refractivity (Wildman–Crippen MR) is 96.3 cm³/mol. The summed E-state index contributed by atoms with van der Waals surface area (Å²) in [5, 5.41) is 5.95. The maximum absolute atomic E-state index is 5.40. The van der Waals surface area contributed by atoms with E-state index in [2.05, 4.69) is 62.6 Å². The van der Waals surface area contributed by atoms with Crippen molar-refractivity contribution in [1.82, 2.24) is 9.97 Å². The van der Waals surface area contributed by atoms with Crippen molar-refractivity contribution in [1.29, 1.82) is 0 Å². The Labute approximate surface area is 141 Å². The fourth-order valence-electron chi connectivity index (χ4n) is 3.04. The number of fused-ring (bicyclic) bond motifs is 1. The molecule has 1 aromatic heterocycles. The number of rotatable bonds is 4. The van der Waals surface area contributed by atoms with Crippen LogP contribution in [0.15, 0.2) is 54.9 Å². The molecule has 0 amide bonds. The second-order valence-electron chi connectivity index (χ2n) is 5.85. The Balaban J connectivity index is 1.51. The van der Waals surface area contributed by atoms with E-state index in [9.17, 15) is 0 Å². The third-order valence-electron chi connectivity index (χ3n) is 4.33. The molecule has 1 saturated heterocycles. The largest absolute Gasteiger partial charge is 0.378 e. The maximum atomic E-state index is 5.40. The molecule has 1 fully saturated rings. The van der Waals surface area contributed by atoms with E-state index < -0.39 is 0 Å². The van der Waals surface area contributed by atoms with Crippen LogP contribution >= 0.6 is 0 Å². The Hall–Kier alpha value is -2.66. The molecule has 5 heteroatoms. The molecule has 3 aromatic rings. The molecule has 5 nitrogen and oxygen atoms in total. The molecule has 24 heavy (non-hydrogen) atoms. The van der Waals surface area contributed by atoms with Crippen molar-refractivity contribution in [3.05, 3.63) is 60.4 Å². The molecule has 2 heterocycles. The van der Waals surface area contributed by atoms with E-state index in [-0.39, 0.29) is 0 Å². The normalized spacial score (nSPS) is 14.8. The van der Waals surface area contributed by atoms with Gasteiger partial charge in [0.05, 0.1) is 13.2 Å². The van der Waals surface area contributed by atoms with Crippen molar-refractivity contribution in [2.75, 3.05) is 36.5 Å². The van der Waals surface area contributed by atoms with Crippen LogP contribution in [0.25, 0.3) is 10.8 Å². The zero-order valence-corrected chi connectivity index (χ0v) is 13.5. The van der Waals surface area contributed by atoms with Crippen LogP contribution in [-0.4, -0.2) is 36.3 Å². The van der Waals surface area contributed by atoms with Gasteiger partial charge in [-0.15, -0.1) is 0 Å². The van der Waals surface area contributed by atoms with Crippen molar-refractivity contribution < 1.29 is 4.74 Å². The zero-order valence-electron chi connectivity index (χ0n) is 13.5. The van der Waals surface area contributed by atoms with Crippen molar-refractivity contribution in [2.24, 2.45) is 0 Å². The lowest BCUT2D eigenvalue weighted by atomic mass is 10.0. The molecule has 122 valence electrons. The van der Waals surface area contributed by atoms with Crippen LogP contribution in [0.4, 0.5) is 11.6 Å². The molecule has 4 rings (SSSR count). The Morgan fingerprint density at radius 1 is 1.00 bits per heavy atom. The maximum Gasteiger partial charge on any atom is 0.134 e. The minimum absolute atomic E-state index is 0.737. The van der Waals surface area contributed by atoms with Gasteiger partial charge >= 0.3 is 0 Å². The number of hydrogen-bond donors (Lipinski definition) is 1. The minimum Gasteiger partial charge on any atom is -0.378 e. The van der Waals surface area contributed by atoms with Gasteiger partial charge in [-0.1, -0.05) is 42.5 Å². The van der Waals surface area contributed by atoms with Crippen LogP contribution in [0, 0.1) is 0 Å².